The van der Waals surface area contributed by atoms with Gasteiger partial charge in [0, 0.05) is 7.05 Å². The molecule has 5 nitrogen and oxygen atoms in total. The number of anilines is 1. The predicted molar refractivity (Wildman–Crippen MR) is 55.5 cm³/mol. The highest BCUT2D eigenvalue weighted by Gasteiger charge is 2.24. The number of hydrazine groups is 2. The molecule has 1 aromatic carbocycles. The Balaban J connectivity index is 2.21. The number of likely N-dealkylation sites (N-methyl/N-ethyl adjacent to an activating group) is 1. The molecule has 15 heavy (non-hydrogen) atoms. The number of nitrogens with zero attached hydrogens (tertiary/aromatic N) is 2. The highest BCUT2D eigenvalue weighted by atomic mass is 16.4. The summed E-state index contributed by atoms with van der Waals surface area (Å²) in [6, 6.07) is 9.47. The summed E-state index contributed by atoms with van der Waals surface area (Å²) in [4.78, 5) is 10.8. The van der Waals surface area contributed by atoms with Crippen LogP contribution < -0.4 is 10.5 Å². The molecular formula is C10H11N3O2. The van der Waals surface area contributed by atoms with E-state index in [1.54, 1.807) is 12.2 Å². The molecule has 0 radical (unpaired) electrons. The van der Waals surface area contributed by atoms with Gasteiger partial charge in [-0.05, 0) is 12.1 Å². The molecule has 2 N–H and O–H groups in total. The van der Waals surface area contributed by atoms with Crippen molar-refractivity contribution in [2.24, 2.45) is 0 Å². The lowest BCUT2D eigenvalue weighted by atomic mass is 10.3. The summed E-state index contributed by atoms with van der Waals surface area (Å²) in [5, 5.41) is 12.1. The van der Waals surface area contributed by atoms with Crippen molar-refractivity contribution in [3.05, 3.63) is 42.2 Å². The second kappa shape index (κ2) is 3.53. The standard InChI is InChI=1S/C10H11N3O2/c1-12-9(10(14)15)7-11-13(12)8-5-3-2-4-6-8/h2-7,11H,1H3,(H,14,15). The largest absolute Gasteiger partial charge is 0.476 e. The van der Waals surface area contributed by atoms with Crippen LogP contribution in [-0.4, -0.2) is 23.1 Å². The van der Waals surface area contributed by atoms with Gasteiger partial charge in [-0.15, -0.1) is 0 Å². The Morgan fingerprint density at radius 1 is 1.33 bits per heavy atom. The van der Waals surface area contributed by atoms with Crippen molar-refractivity contribution in [2.45, 2.75) is 0 Å². The summed E-state index contributed by atoms with van der Waals surface area (Å²) in [6.45, 7) is 0. The highest BCUT2D eigenvalue weighted by Crippen LogP contribution is 2.19. The van der Waals surface area contributed by atoms with E-state index in [0.29, 0.717) is 0 Å². The zero-order valence-corrected chi connectivity index (χ0v) is 8.21. The van der Waals surface area contributed by atoms with Gasteiger partial charge in [0.15, 0.2) is 5.70 Å². The van der Waals surface area contributed by atoms with Crippen molar-refractivity contribution in [1.29, 1.82) is 0 Å². The van der Waals surface area contributed by atoms with Crippen LogP contribution in [0.2, 0.25) is 0 Å². The number of carboxylic acid groups (broad SMARTS) is 1. The van der Waals surface area contributed by atoms with Crippen molar-refractivity contribution in [2.75, 3.05) is 12.2 Å². The molecule has 0 atom stereocenters. The number of benzene rings is 1. The summed E-state index contributed by atoms with van der Waals surface area (Å²) < 4.78 is 0. The Bertz CT molecular complexity index is 402. The smallest absolute Gasteiger partial charge is 0.355 e. The number of hydrogen-bond acceptors (Lipinski definition) is 4. The van der Waals surface area contributed by atoms with Crippen molar-refractivity contribution in [3.63, 3.8) is 0 Å². The number of hydrogen-bond donors (Lipinski definition) is 2. The first kappa shape index (κ1) is 9.39. The lowest BCUT2D eigenvalue weighted by Gasteiger charge is -2.28. The van der Waals surface area contributed by atoms with Crippen molar-refractivity contribution >= 4 is 11.7 Å². The van der Waals surface area contributed by atoms with Gasteiger partial charge in [-0.1, -0.05) is 18.2 Å². The predicted octanol–water partition coefficient (Wildman–Crippen LogP) is 0.784. The van der Waals surface area contributed by atoms with E-state index in [4.69, 9.17) is 5.11 Å². The van der Waals surface area contributed by atoms with E-state index in [1.807, 2.05) is 30.3 Å². The third-order valence-electron chi connectivity index (χ3n) is 2.19. The van der Waals surface area contributed by atoms with Gasteiger partial charge >= 0.3 is 5.97 Å². The van der Waals surface area contributed by atoms with Crippen LogP contribution in [0.5, 0.6) is 0 Å². The van der Waals surface area contributed by atoms with Crippen molar-refractivity contribution in [1.82, 2.24) is 10.4 Å². The van der Waals surface area contributed by atoms with Gasteiger partial charge in [-0.25, -0.2) is 4.79 Å². The van der Waals surface area contributed by atoms with Crippen LogP contribution in [0.15, 0.2) is 42.2 Å². The van der Waals surface area contributed by atoms with Crippen molar-refractivity contribution in [3.8, 4) is 0 Å². The molecule has 1 aromatic rings. The molecule has 1 heterocycles. The van der Waals surface area contributed by atoms with E-state index in [0.717, 1.165) is 5.69 Å². The quantitative estimate of drug-likeness (QED) is 0.747. The van der Waals surface area contributed by atoms with E-state index in [1.165, 1.54) is 11.2 Å². The zero-order valence-electron chi connectivity index (χ0n) is 8.21. The summed E-state index contributed by atoms with van der Waals surface area (Å²) in [5.41, 5.74) is 3.96. The fourth-order valence-electron chi connectivity index (χ4n) is 1.43. The van der Waals surface area contributed by atoms with Crippen molar-refractivity contribution < 1.29 is 9.90 Å². The zero-order chi connectivity index (χ0) is 10.8. The van der Waals surface area contributed by atoms with Crippen LogP contribution in [-0.2, 0) is 4.79 Å². The van der Waals surface area contributed by atoms with Gasteiger partial charge in [0.25, 0.3) is 0 Å². The summed E-state index contributed by atoms with van der Waals surface area (Å²) in [7, 11) is 1.69. The molecule has 0 saturated heterocycles. The first-order chi connectivity index (χ1) is 7.20. The molecule has 0 amide bonds. The minimum absolute atomic E-state index is 0.207. The van der Waals surface area contributed by atoms with Gasteiger partial charge in [0.05, 0.1) is 11.9 Å². The van der Waals surface area contributed by atoms with Gasteiger partial charge in [0.2, 0.25) is 0 Å². The lowest BCUT2D eigenvalue weighted by molar-refractivity contribution is -0.134. The molecule has 0 unspecified atom stereocenters. The molecule has 78 valence electrons. The molecule has 0 aliphatic carbocycles. The lowest BCUT2D eigenvalue weighted by Crippen LogP contribution is -2.41. The van der Waals surface area contributed by atoms with E-state index in [2.05, 4.69) is 5.43 Å². The average molecular weight is 205 g/mol. The molecule has 1 aliphatic heterocycles. The van der Waals surface area contributed by atoms with E-state index in [9.17, 15) is 4.79 Å². The fourth-order valence-corrected chi connectivity index (χ4v) is 1.43. The Morgan fingerprint density at radius 2 is 2.00 bits per heavy atom. The summed E-state index contributed by atoms with van der Waals surface area (Å²) in [5.74, 6) is -0.955. The second-order valence-corrected chi connectivity index (χ2v) is 3.13. The van der Waals surface area contributed by atoms with E-state index >= 15 is 0 Å². The average Bonchev–Trinajstić information content (AvgIpc) is 2.61. The Morgan fingerprint density at radius 3 is 2.53 bits per heavy atom. The number of carboxylic acids is 1. The van der Waals surface area contributed by atoms with Gasteiger partial charge in [-0.3, -0.25) is 10.4 Å². The first-order valence-electron chi connectivity index (χ1n) is 4.48. The SMILES string of the molecule is CN1C(C(=O)O)=CNN1c1ccccc1. The molecule has 0 fully saturated rings. The molecule has 1 aliphatic rings. The maximum atomic E-state index is 10.8. The van der Waals surface area contributed by atoms with Crippen LogP contribution >= 0.6 is 0 Å². The maximum absolute atomic E-state index is 10.8. The second-order valence-electron chi connectivity index (χ2n) is 3.13. The van der Waals surface area contributed by atoms with Gasteiger partial charge in [-0.2, -0.15) is 5.12 Å². The van der Waals surface area contributed by atoms with Gasteiger partial charge in [0.1, 0.15) is 0 Å². The first-order valence-corrected chi connectivity index (χ1v) is 4.48. The molecule has 5 heteroatoms. The highest BCUT2D eigenvalue weighted by molar-refractivity contribution is 5.86. The number of para-hydroxylation sites is 1. The number of rotatable bonds is 2. The minimum atomic E-state index is -0.955. The Kier molecular flexibility index (Phi) is 2.21. The molecule has 0 spiro atoms. The maximum Gasteiger partial charge on any atom is 0.355 e. The molecule has 0 bridgehead atoms. The van der Waals surface area contributed by atoms with E-state index in [-0.39, 0.29) is 5.70 Å². The fraction of sp³-hybridized carbons (Fsp3) is 0.100. The minimum Gasteiger partial charge on any atom is -0.476 e. The van der Waals surface area contributed by atoms with Crippen LogP contribution in [0, 0.1) is 0 Å². The van der Waals surface area contributed by atoms with E-state index < -0.39 is 5.97 Å². The molecule has 2 rings (SSSR count). The van der Waals surface area contributed by atoms with Crippen LogP contribution in [0.3, 0.4) is 0 Å². The molecular weight excluding hydrogens is 194 g/mol. The van der Waals surface area contributed by atoms with Gasteiger partial charge < -0.3 is 5.11 Å². The summed E-state index contributed by atoms with van der Waals surface area (Å²) in [6.07, 6.45) is 1.45. The third-order valence-corrected chi connectivity index (χ3v) is 2.19. The Hall–Kier alpha value is -2.17. The Labute approximate surface area is 87.2 Å². The number of nitrogens with one attached hydrogen (secondary N) is 1. The third kappa shape index (κ3) is 1.59. The monoisotopic (exact) mass is 205 g/mol. The summed E-state index contributed by atoms with van der Waals surface area (Å²) >= 11 is 0. The van der Waals surface area contributed by atoms with Crippen LogP contribution in [0.1, 0.15) is 0 Å². The number of aliphatic carboxylic acids is 1. The number of carbonyl (C=O) groups is 1. The molecule has 0 aromatic heterocycles. The van der Waals surface area contributed by atoms with Crippen LogP contribution in [0.25, 0.3) is 0 Å². The molecule has 0 saturated carbocycles. The van der Waals surface area contributed by atoms with Crippen LogP contribution in [0.4, 0.5) is 5.69 Å². The normalized spacial score (nSPS) is 14.9. The topological polar surface area (TPSA) is 55.8 Å².